The van der Waals surface area contributed by atoms with E-state index in [4.69, 9.17) is 29.2 Å². The van der Waals surface area contributed by atoms with Crippen molar-refractivity contribution in [1.82, 2.24) is 29.6 Å². The third kappa shape index (κ3) is 3.99. The summed E-state index contributed by atoms with van der Waals surface area (Å²) >= 11 is 0. The molecule has 2 aliphatic rings. The van der Waals surface area contributed by atoms with Crippen molar-refractivity contribution in [3.8, 4) is 17.2 Å². The Labute approximate surface area is 197 Å². The smallest absolute Gasteiger partial charge is 0.300 e. The van der Waals surface area contributed by atoms with Gasteiger partial charge in [-0.2, -0.15) is 20.1 Å². The first-order valence-corrected chi connectivity index (χ1v) is 11.7. The fourth-order valence-corrected chi connectivity index (χ4v) is 4.41. The summed E-state index contributed by atoms with van der Waals surface area (Å²) in [5.74, 6) is 1.23. The molecule has 10 nitrogen and oxygen atoms in total. The van der Waals surface area contributed by atoms with Crippen LogP contribution in [0.4, 0.5) is 11.8 Å². The van der Waals surface area contributed by atoms with Crippen molar-refractivity contribution in [2.24, 2.45) is 0 Å². The van der Waals surface area contributed by atoms with Crippen molar-refractivity contribution in [3.63, 3.8) is 0 Å². The highest BCUT2D eigenvalue weighted by molar-refractivity contribution is 5.84. The zero-order chi connectivity index (χ0) is 23.1. The van der Waals surface area contributed by atoms with Gasteiger partial charge in [-0.25, -0.2) is 4.68 Å². The van der Waals surface area contributed by atoms with Crippen LogP contribution in [0.1, 0.15) is 5.56 Å². The first kappa shape index (κ1) is 21.1. The molecule has 6 rings (SSSR count). The van der Waals surface area contributed by atoms with E-state index in [-0.39, 0.29) is 0 Å². The summed E-state index contributed by atoms with van der Waals surface area (Å²) in [6, 6.07) is 10.9. The number of fused-ring (bicyclic) bond motifs is 1. The van der Waals surface area contributed by atoms with Gasteiger partial charge in [-0.3, -0.25) is 0 Å². The maximum atomic E-state index is 6.19. The summed E-state index contributed by atoms with van der Waals surface area (Å²) in [6.07, 6.45) is 1.89. The zero-order valence-electron chi connectivity index (χ0n) is 19.5. The number of anilines is 2. The Kier molecular flexibility index (Phi) is 5.39. The summed E-state index contributed by atoms with van der Waals surface area (Å²) in [6.45, 7) is 8.57. The molecule has 1 aromatic carbocycles. The van der Waals surface area contributed by atoms with Gasteiger partial charge in [0.15, 0.2) is 11.3 Å². The Morgan fingerprint density at radius 3 is 2.50 bits per heavy atom. The first-order valence-electron chi connectivity index (χ1n) is 11.7. The molecule has 3 aromatic heterocycles. The average Bonchev–Trinajstić information content (AvgIpc) is 3.52. The van der Waals surface area contributed by atoms with E-state index in [0.29, 0.717) is 36.4 Å². The summed E-state index contributed by atoms with van der Waals surface area (Å²) in [7, 11) is 2.13. The molecule has 5 heterocycles. The predicted octanol–water partition coefficient (Wildman–Crippen LogP) is 2.37. The standard InChI is InChI=1S/C24H28N8O2/c1-17-4-3-5-18(16-17)19-6-7-32(28-19)23-26-21(30-12-14-33-15-13-30)20-22(27-23)34-24(25-20)31-10-8-29(2)9-11-31/h3-7,16H,8-15H2,1-2H3. The molecule has 2 fully saturated rings. The molecule has 2 aliphatic heterocycles. The Bertz CT molecular complexity index is 1300. The van der Waals surface area contributed by atoms with E-state index < -0.39 is 0 Å². The fourth-order valence-electron chi connectivity index (χ4n) is 4.41. The maximum Gasteiger partial charge on any atom is 0.300 e. The van der Waals surface area contributed by atoms with E-state index in [1.54, 1.807) is 4.68 Å². The summed E-state index contributed by atoms with van der Waals surface area (Å²) in [5.41, 5.74) is 4.29. The Morgan fingerprint density at radius 2 is 1.71 bits per heavy atom. The van der Waals surface area contributed by atoms with Gasteiger partial charge >= 0.3 is 0 Å². The molecule has 10 heteroatoms. The summed E-state index contributed by atoms with van der Waals surface area (Å²) < 4.78 is 13.5. The minimum atomic E-state index is 0.467. The van der Waals surface area contributed by atoms with Gasteiger partial charge in [0, 0.05) is 51.0 Å². The summed E-state index contributed by atoms with van der Waals surface area (Å²) in [4.78, 5) is 21.1. The monoisotopic (exact) mass is 460 g/mol. The molecular formula is C24H28N8O2. The first-order chi connectivity index (χ1) is 16.6. The lowest BCUT2D eigenvalue weighted by molar-refractivity contribution is 0.122. The van der Waals surface area contributed by atoms with Gasteiger partial charge in [-0.05, 0) is 26.1 Å². The minimum Gasteiger partial charge on any atom is -0.404 e. The maximum absolute atomic E-state index is 6.19. The number of likely N-dealkylation sites (N-methyl/N-ethyl adjacent to an activating group) is 1. The number of aromatic nitrogens is 5. The normalized spacial score (nSPS) is 17.6. The van der Waals surface area contributed by atoms with Crippen molar-refractivity contribution in [3.05, 3.63) is 42.1 Å². The van der Waals surface area contributed by atoms with Crippen LogP contribution in [-0.2, 0) is 4.74 Å². The number of oxazole rings is 1. The largest absolute Gasteiger partial charge is 0.404 e. The average molecular weight is 461 g/mol. The molecular weight excluding hydrogens is 432 g/mol. The van der Waals surface area contributed by atoms with Gasteiger partial charge < -0.3 is 23.9 Å². The van der Waals surface area contributed by atoms with Crippen molar-refractivity contribution in [2.75, 3.05) is 69.3 Å². The molecule has 0 spiro atoms. The van der Waals surface area contributed by atoms with Crippen LogP contribution in [-0.4, -0.2) is 89.2 Å². The van der Waals surface area contributed by atoms with Crippen LogP contribution in [0.5, 0.6) is 0 Å². The molecule has 0 radical (unpaired) electrons. The summed E-state index contributed by atoms with van der Waals surface area (Å²) in [5, 5.41) is 4.76. The van der Waals surface area contributed by atoms with Crippen molar-refractivity contribution in [2.45, 2.75) is 6.92 Å². The molecule has 0 unspecified atom stereocenters. The van der Waals surface area contributed by atoms with Crippen molar-refractivity contribution >= 4 is 23.1 Å². The second-order valence-corrected chi connectivity index (χ2v) is 8.90. The lowest BCUT2D eigenvalue weighted by atomic mass is 10.1. The van der Waals surface area contributed by atoms with Crippen molar-refractivity contribution in [1.29, 1.82) is 0 Å². The topological polar surface area (TPSA) is 88.6 Å². The molecule has 4 aromatic rings. The number of morpholine rings is 1. The number of benzene rings is 1. The van der Waals surface area contributed by atoms with Gasteiger partial charge in [0.05, 0.1) is 18.9 Å². The molecule has 34 heavy (non-hydrogen) atoms. The zero-order valence-corrected chi connectivity index (χ0v) is 19.5. The Morgan fingerprint density at radius 1 is 0.882 bits per heavy atom. The molecule has 0 amide bonds. The second-order valence-electron chi connectivity index (χ2n) is 8.90. The third-order valence-electron chi connectivity index (χ3n) is 6.41. The number of rotatable bonds is 4. The lowest BCUT2D eigenvalue weighted by Crippen LogP contribution is -2.44. The Balaban J connectivity index is 1.41. The van der Waals surface area contributed by atoms with E-state index in [1.165, 1.54) is 5.56 Å². The van der Waals surface area contributed by atoms with Crippen LogP contribution in [0, 0.1) is 6.92 Å². The third-order valence-corrected chi connectivity index (χ3v) is 6.41. The van der Waals surface area contributed by atoms with Gasteiger partial charge in [0.25, 0.3) is 17.7 Å². The minimum absolute atomic E-state index is 0.467. The number of piperazine rings is 1. The molecule has 2 saturated heterocycles. The van der Waals surface area contributed by atoms with E-state index in [2.05, 4.69) is 46.9 Å². The van der Waals surface area contributed by atoms with E-state index >= 15 is 0 Å². The lowest BCUT2D eigenvalue weighted by Gasteiger charge is -2.31. The van der Waals surface area contributed by atoms with E-state index in [9.17, 15) is 0 Å². The molecule has 0 bridgehead atoms. The van der Waals surface area contributed by atoms with E-state index in [1.807, 2.05) is 18.3 Å². The van der Waals surface area contributed by atoms with Crippen LogP contribution < -0.4 is 9.80 Å². The van der Waals surface area contributed by atoms with Crippen LogP contribution in [0.3, 0.4) is 0 Å². The highest BCUT2D eigenvalue weighted by Gasteiger charge is 2.25. The highest BCUT2D eigenvalue weighted by atomic mass is 16.5. The number of ether oxygens (including phenoxy) is 1. The quantitative estimate of drug-likeness (QED) is 0.455. The van der Waals surface area contributed by atoms with Crippen molar-refractivity contribution < 1.29 is 9.15 Å². The molecule has 0 N–H and O–H groups in total. The van der Waals surface area contributed by atoms with Gasteiger partial charge in [0.1, 0.15) is 0 Å². The number of hydrogen-bond acceptors (Lipinski definition) is 9. The fraction of sp³-hybridized carbons (Fsp3) is 0.417. The second kappa shape index (κ2) is 8.69. The molecule has 0 saturated carbocycles. The number of aryl methyl sites for hydroxylation is 1. The van der Waals surface area contributed by atoms with Crippen LogP contribution >= 0.6 is 0 Å². The molecule has 176 valence electrons. The van der Waals surface area contributed by atoms with Gasteiger partial charge in [-0.1, -0.05) is 23.8 Å². The van der Waals surface area contributed by atoms with E-state index in [0.717, 1.165) is 56.3 Å². The highest BCUT2D eigenvalue weighted by Crippen LogP contribution is 2.30. The SMILES string of the molecule is Cc1cccc(-c2ccn(-c3nc(N4CCOCC4)c4nc(N5CCN(C)CC5)oc4n3)n2)c1. The number of nitrogens with zero attached hydrogens (tertiary/aromatic N) is 8. The van der Waals surface area contributed by atoms with Gasteiger partial charge in [0.2, 0.25) is 0 Å². The molecule has 0 aliphatic carbocycles. The van der Waals surface area contributed by atoms with Crippen LogP contribution in [0.15, 0.2) is 40.9 Å². The molecule has 0 atom stereocenters. The van der Waals surface area contributed by atoms with Crippen LogP contribution in [0.2, 0.25) is 0 Å². The van der Waals surface area contributed by atoms with Gasteiger partial charge in [-0.15, -0.1) is 0 Å². The predicted molar refractivity (Wildman–Crippen MR) is 130 cm³/mol. The Hall–Kier alpha value is -3.50. The van der Waals surface area contributed by atoms with Crippen LogP contribution in [0.25, 0.3) is 28.4 Å². The number of hydrogen-bond donors (Lipinski definition) is 0.